The first kappa shape index (κ1) is 23.9. The third kappa shape index (κ3) is 4.20. The van der Waals surface area contributed by atoms with E-state index in [9.17, 15) is 8.78 Å². The number of imidazole rings is 1. The third-order valence-electron chi connectivity index (χ3n) is 6.93. The number of anilines is 2. The van der Waals surface area contributed by atoms with Crippen molar-refractivity contribution in [2.24, 2.45) is 12.8 Å². The number of hydrogen-bond donors (Lipinski definition) is 2. The van der Waals surface area contributed by atoms with Gasteiger partial charge in [0.2, 0.25) is 0 Å². The van der Waals surface area contributed by atoms with Crippen molar-refractivity contribution in [3.63, 3.8) is 0 Å². The molecule has 0 saturated carbocycles. The van der Waals surface area contributed by atoms with Gasteiger partial charge in [-0.25, -0.2) is 23.7 Å². The van der Waals surface area contributed by atoms with Gasteiger partial charge in [-0.05, 0) is 42.7 Å². The van der Waals surface area contributed by atoms with Crippen molar-refractivity contribution < 1.29 is 8.78 Å². The Labute approximate surface area is 216 Å². The molecule has 11 nitrogen and oxygen atoms in total. The maximum atomic E-state index is 14.0. The van der Waals surface area contributed by atoms with Crippen LogP contribution in [0.5, 0.6) is 0 Å². The normalized spacial score (nSPS) is 17.8. The highest BCUT2D eigenvalue weighted by Crippen LogP contribution is 2.34. The van der Waals surface area contributed by atoms with E-state index in [1.807, 2.05) is 23.9 Å². The molecule has 38 heavy (non-hydrogen) atoms. The molecule has 4 N–H and O–H groups in total. The molecule has 13 heteroatoms. The van der Waals surface area contributed by atoms with Crippen LogP contribution >= 0.6 is 0 Å². The van der Waals surface area contributed by atoms with Crippen LogP contribution in [0.15, 0.2) is 49.3 Å². The van der Waals surface area contributed by atoms with Crippen LogP contribution < -0.4 is 16.4 Å². The van der Waals surface area contributed by atoms with Crippen molar-refractivity contribution >= 4 is 22.7 Å². The van der Waals surface area contributed by atoms with Gasteiger partial charge in [-0.1, -0.05) is 5.21 Å². The Morgan fingerprint density at radius 3 is 2.74 bits per heavy atom. The summed E-state index contributed by atoms with van der Waals surface area (Å²) in [7, 11) is 1.81. The molecule has 0 bridgehead atoms. The quantitative estimate of drug-likeness (QED) is 0.359. The first-order valence-corrected chi connectivity index (χ1v) is 12.1. The van der Waals surface area contributed by atoms with E-state index in [0.717, 1.165) is 48.5 Å². The van der Waals surface area contributed by atoms with Crippen LogP contribution in [0.2, 0.25) is 0 Å². The van der Waals surface area contributed by atoms with Crippen LogP contribution in [-0.4, -0.2) is 52.6 Å². The molecule has 1 saturated heterocycles. The fourth-order valence-corrected chi connectivity index (χ4v) is 4.99. The van der Waals surface area contributed by atoms with Crippen molar-refractivity contribution in [1.29, 1.82) is 0 Å². The molecule has 194 valence electrons. The molecular formula is C25H25F2N11. The highest BCUT2D eigenvalue weighted by atomic mass is 19.2. The van der Waals surface area contributed by atoms with Crippen molar-refractivity contribution in [1.82, 2.24) is 39.5 Å². The lowest BCUT2D eigenvalue weighted by atomic mass is 9.87. The van der Waals surface area contributed by atoms with Crippen molar-refractivity contribution in [2.75, 3.05) is 23.7 Å². The van der Waals surface area contributed by atoms with Crippen LogP contribution in [0, 0.1) is 11.6 Å². The number of fused-ring (bicyclic) bond motifs is 1. The number of nitrogens with two attached hydrogens (primary N) is 2. The Balaban J connectivity index is 1.42. The monoisotopic (exact) mass is 517 g/mol. The van der Waals surface area contributed by atoms with E-state index in [1.54, 1.807) is 17.2 Å². The number of aromatic nitrogens is 8. The largest absolute Gasteiger partial charge is 0.382 e. The minimum atomic E-state index is -0.935. The predicted octanol–water partition coefficient (Wildman–Crippen LogP) is 2.38. The van der Waals surface area contributed by atoms with E-state index < -0.39 is 17.2 Å². The predicted molar refractivity (Wildman–Crippen MR) is 137 cm³/mol. The second-order valence-electron chi connectivity index (χ2n) is 9.59. The Morgan fingerprint density at radius 2 is 1.95 bits per heavy atom. The average Bonchev–Trinajstić information content (AvgIpc) is 3.53. The first-order chi connectivity index (χ1) is 18.3. The van der Waals surface area contributed by atoms with Crippen molar-refractivity contribution in [2.45, 2.75) is 24.9 Å². The van der Waals surface area contributed by atoms with Gasteiger partial charge in [-0.2, -0.15) is 0 Å². The number of nitrogen functional groups attached to an aromatic ring is 1. The number of halogens is 2. The highest BCUT2D eigenvalue weighted by molar-refractivity contribution is 5.81. The lowest BCUT2D eigenvalue weighted by Gasteiger charge is -2.40. The van der Waals surface area contributed by atoms with Crippen molar-refractivity contribution in [3.05, 3.63) is 72.2 Å². The molecule has 0 spiro atoms. The Kier molecular flexibility index (Phi) is 5.71. The molecule has 5 heterocycles. The molecule has 0 radical (unpaired) electrons. The van der Waals surface area contributed by atoms with E-state index in [0.29, 0.717) is 41.3 Å². The summed E-state index contributed by atoms with van der Waals surface area (Å²) in [6.07, 6.45) is 8.24. The molecular weight excluding hydrogens is 492 g/mol. The van der Waals surface area contributed by atoms with Gasteiger partial charge >= 0.3 is 0 Å². The molecule has 4 aromatic heterocycles. The molecule has 1 aliphatic rings. The van der Waals surface area contributed by atoms with Gasteiger partial charge in [0.15, 0.2) is 23.1 Å². The maximum absolute atomic E-state index is 14.0. The smallest absolute Gasteiger partial charge is 0.165 e. The summed E-state index contributed by atoms with van der Waals surface area (Å²) >= 11 is 0. The van der Waals surface area contributed by atoms with E-state index in [2.05, 4.69) is 35.1 Å². The molecule has 1 aromatic carbocycles. The zero-order valence-corrected chi connectivity index (χ0v) is 20.6. The number of pyridine rings is 1. The van der Waals surface area contributed by atoms with Gasteiger partial charge in [0.1, 0.15) is 17.5 Å². The summed E-state index contributed by atoms with van der Waals surface area (Å²) in [6, 6.07) is 5.61. The van der Waals surface area contributed by atoms with Crippen LogP contribution in [0.3, 0.4) is 0 Å². The van der Waals surface area contributed by atoms with Gasteiger partial charge in [-0.15, -0.1) is 5.10 Å². The molecule has 1 aliphatic heterocycles. The Hall–Kier alpha value is -4.52. The summed E-state index contributed by atoms with van der Waals surface area (Å²) in [5, 5.41) is 8.34. The summed E-state index contributed by atoms with van der Waals surface area (Å²) in [5.41, 5.74) is 16.7. The number of rotatable bonds is 5. The summed E-state index contributed by atoms with van der Waals surface area (Å²) < 4.78 is 31.1. The lowest BCUT2D eigenvalue weighted by Crippen LogP contribution is -2.52. The summed E-state index contributed by atoms with van der Waals surface area (Å²) in [6.45, 7) is 1.64. The molecule has 6 rings (SSSR count). The van der Waals surface area contributed by atoms with Crippen LogP contribution in [0.25, 0.3) is 22.4 Å². The number of piperidine rings is 1. The van der Waals surface area contributed by atoms with Crippen LogP contribution in [-0.2, 0) is 19.1 Å². The van der Waals surface area contributed by atoms with E-state index >= 15 is 0 Å². The van der Waals surface area contributed by atoms with Gasteiger partial charge in [-0.3, -0.25) is 9.67 Å². The fourth-order valence-electron chi connectivity index (χ4n) is 4.99. The molecule has 1 fully saturated rings. The average molecular weight is 518 g/mol. The second kappa shape index (κ2) is 9.10. The van der Waals surface area contributed by atoms with E-state index in [-0.39, 0.29) is 0 Å². The lowest BCUT2D eigenvalue weighted by molar-refractivity contribution is 0.344. The molecule has 5 aromatic rings. The second-order valence-corrected chi connectivity index (χ2v) is 9.59. The summed E-state index contributed by atoms with van der Waals surface area (Å²) in [4.78, 5) is 19.5. The topological polar surface area (TPSA) is 142 Å². The third-order valence-corrected chi connectivity index (χ3v) is 6.93. The molecule has 0 amide bonds. The first-order valence-electron chi connectivity index (χ1n) is 12.1. The number of nitrogens with zero attached hydrogens (tertiary/aromatic N) is 9. The van der Waals surface area contributed by atoms with Gasteiger partial charge in [0, 0.05) is 25.7 Å². The fraction of sp³-hybridized carbons (Fsp3) is 0.280. The van der Waals surface area contributed by atoms with Gasteiger partial charge in [0.25, 0.3) is 0 Å². The molecule has 1 unspecified atom stereocenters. The van der Waals surface area contributed by atoms with Crippen LogP contribution in [0.1, 0.15) is 24.1 Å². The van der Waals surface area contributed by atoms with E-state index in [4.69, 9.17) is 11.5 Å². The van der Waals surface area contributed by atoms with E-state index in [1.165, 1.54) is 12.4 Å². The highest BCUT2D eigenvalue weighted by Gasteiger charge is 2.36. The number of benzene rings is 1. The summed E-state index contributed by atoms with van der Waals surface area (Å²) in [5.74, 6) is -1.56. The number of aryl methyl sites for hydroxylation is 1. The number of hydrogen-bond acceptors (Lipinski definition) is 9. The van der Waals surface area contributed by atoms with Gasteiger partial charge < -0.3 is 20.9 Å². The molecule has 0 aliphatic carbocycles. The Morgan fingerprint density at radius 1 is 1.08 bits per heavy atom. The Bertz CT molecular complexity index is 1650. The maximum Gasteiger partial charge on any atom is 0.165 e. The zero-order valence-electron chi connectivity index (χ0n) is 20.6. The standard InChI is InChI=1S/C25H25F2N11/c1-36-11-21(34-35-36)25(29)5-2-6-37(12-25)20-9-30-19(15-3-4-17(26)18(27)7-15)8-16(20)10-38-14-33-22-23(28)31-13-32-24(22)38/h3-4,7-9,11,13-14H,2,5-6,10,12,29H2,1H3,(H2,28,31,32). The van der Waals surface area contributed by atoms with Gasteiger partial charge in [0.05, 0.1) is 42.2 Å². The van der Waals surface area contributed by atoms with Crippen LogP contribution in [0.4, 0.5) is 20.3 Å². The zero-order chi connectivity index (χ0) is 26.4. The minimum Gasteiger partial charge on any atom is -0.382 e. The SMILES string of the molecule is Cn1cc(C2(N)CCCN(c3cnc(-c4ccc(F)c(F)c4)cc3Cn3cnc4c(N)ncnc43)C2)nn1. The molecule has 1 atom stereocenters. The minimum absolute atomic E-state index is 0.291. The van der Waals surface area contributed by atoms with Crippen molar-refractivity contribution in [3.8, 4) is 11.3 Å².